The number of aromatic nitrogens is 1. The highest BCUT2D eigenvalue weighted by Crippen LogP contribution is 2.28. The minimum atomic E-state index is -3.56. The molecule has 0 aliphatic rings. The maximum Gasteiger partial charge on any atom is 0.242 e. The van der Waals surface area contributed by atoms with Crippen LogP contribution in [0.4, 0.5) is 4.39 Å². The Hall–Kier alpha value is -2.97. The Morgan fingerprint density at radius 3 is 2.48 bits per heavy atom. The minimum Gasteiger partial charge on any atom is -0.505 e. The molecule has 0 radical (unpaired) electrons. The number of phenols is 1. The summed E-state index contributed by atoms with van der Waals surface area (Å²) in [6.45, 7) is 0. The number of halogens is 1. The van der Waals surface area contributed by atoms with Gasteiger partial charge in [-0.25, -0.2) is 22.1 Å². The second kappa shape index (κ2) is 7.34. The Labute approximate surface area is 156 Å². The predicted octanol–water partition coefficient (Wildman–Crippen LogP) is 3.64. The third-order valence-electron chi connectivity index (χ3n) is 3.77. The molecule has 3 aromatic rings. The molecule has 6 nitrogen and oxygen atoms in total. The number of aromatic hydroxyl groups is 1. The van der Waals surface area contributed by atoms with Crippen LogP contribution in [-0.2, 0) is 10.0 Å². The van der Waals surface area contributed by atoms with Crippen LogP contribution in [0.1, 0.15) is 0 Å². The summed E-state index contributed by atoms with van der Waals surface area (Å²) in [4.78, 5) is 4.51. The van der Waals surface area contributed by atoms with Gasteiger partial charge in [-0.3, -0.25) is 0 Å². The fourth-order valence-electron chi connectivity index (χ4n) is 2.34. The average molecular weight is 388 g/mol. The molecule has 0 saturated carbocycles. The number of benzene rings is 2. The van der Waals surface area contributed by atoms with Gasteiger partial charge in [0, 0.05) is 31.8 Å². The van der Waals surface area contributed by atoms with Crippen molar-refractivity contribution < 1.29 is 22.7 Å². The molecule has 8 heteroatoms. The normalized spacial score (nSPS) is 11.6. The van der Waals surface area contributed by atoms with Gasteiger partial charge in [-0.15, -0.1) is 0 Å². The monoisotopic (exact) mass is 388 g/mol. The van der Waals surface area contributed by atoms with E-state index in [0.717, 1.165) is 16.4 Å². The van der Waals surface area contributed by atoms with Gasteiger partial charge in [0.1, 0.15) is 5.75 Å². The van der Waals surface area contributed by atoms with Gasteiger partial charge in [-0.2, -0.15) is 0 Å². The second-order valence-electron chi connectivity index (χ2n) is 5.89. The number of nitrogens with zero attached hydrogens (tertiary/aromatic N) is 2. The van der Waals surface area contributed by atoms with Crippen molar-refractivity contribution in [2.24, 2.45) is 0 Å². The van der Waals surface area contributed by atoms with Crippen molar-refractivity contribution in [1.82, 2.24) is 9.29 Å². The Balaban J connectivity index is 1.93. The van der Waals surface area contributed by atoms with Gasteiger partial charge in [0.05, 0.1) is 10.6 Å². The smallest absolute Gasteiger partial charge is 0.242 e. The molecule has 140 valence electrons. The van der Waals surface area contributed by atoms with E-state index < -0.39 is 21.6 Å². The van der Waals surface area contributed by atoms with Crippen LogP contribution in [0.3, 0.4) is 0 Å². The molecule has 0 atom stereocenters. The lowest BCUT2D eigenvalue weighted by atomic mass is 10.1. The minimum absolute atomic E-state index is 0.154. The van der Waals surface area contributed by atoms with Crippen molar-refractivity contribution in [1.29, 1.82) is 0 Å². The number of pyridine rings is 1. The van der Waals surface area contributed by atoms with Gasteiger partial charge in [0.25, 0.3) is 0 Å². The Kier molecular flexibility index (Phi) is 5.11. The van der Waals surface area contributed by atoms with Crippen LogP contribution in [0.15, 0.2) is 65.6 Å². The van der Waals surface area contributed by atoms with Gasteiger partial charge in [0.15, 0.2) is 11.6 Å². The van der Waals surface area contributed by atoms with Gasteiger partial charge in [-0.05, 0) is 30.3 Å². The topological polar surface area (TPSA) is 79.7 Å². The number of hydrogen-bond acceptors (Lipinski definition) is 5. The molecule has 27 heavy (non-hydrogen) atoms. The summed E-state index contributed by atoms with van der Waals surface area (Å²) in [6, 6.07) is 15.1. The molecule has 0 aliphatic heterocycles. The number of phenolic OH excluding ortho intramolecular Hbond substituents is 1. The average Bonchev–Trinajstić information content (AvgIpc) is 2.65. The van der Waals surface area contributed by atoms with Crippen molar-refractivity contribution >= 4 is 10.0 Å². The van der Waals surface area contributed by atoms with E-state index in [1.165, 1.54) is 32.3 Å². The molecule has 1 N–H and O–H groups in total. The molecule has 0 saturated heterocycles. The summed E-state index contributed by atoms with van der Waals surface area (Å²) in [5.74, 6) is -0.824. The summed E-state index contributed by atoms with van der Waals surface area (Å²) in [5.41, 5.74) is 1.11. The van der Waals surface area contributed by atoms with E-state index in [1.54, 1.807) is 30.3 Å². The first kappa shape index (κ1) is 18.8. The molecule has 3 rings (SSSR count). The standard InChI is InChI=1S/C19H17FN2O4S/c1-22(2)27(24,25)15-6-3-5-13(11-15)17-7-4-8-19(21-17)26-14-9-10-16(20)18(23)12-14/h3-12,23H,1-2H3. The molecule has 0 aliphatic carbocycles. The molecule has 0 unspecified atom stereocenters. The van der Waals surface area contributed by atoms with Crippen LogP contribution in [-0.4, -0.2) is 36.9 Å². The predicted molar refractivity (Wildman–Crippen MR) is 98.7 cm³/mol. The van der Waals surface area contributed by atoms with Gasteiger partial charge < -0.3 is 9.84 Å². The van der Waals surface area contributed by atoms with Crippen molar-refractivity contribution in [2.75, 3.05) is 14.1 Å². The first-order valence-electron chi connectivity index (χ1n) is 7.94. The first-order chi connectivity index (χ1) is 12.8. The maximum absolute atomic E-state index is 13.1. The molecule has 0 fully saturated rings. The van der Waals surface area contributed by atoms with Gasteiger partial charge in [0.2, 0.25) is 15.9 Å². The van der Waals surface area contributed by atoms with Crippen molar-refractivity contribution in [2.45, 2.75) is 4.90 Å². The molecule has 2 aromatic carbocycles. The highest BCUT2D eigenvalue weighted by Gasteiger charge is 2.17. The van der Waals surface area contributed by atoms with E-state index in [2.05, 4.69) is 4.98 Å². The highest BCUT2D eigenvalue weighted by atomic mass is 32.2. The third kappa shape index (κ3) is 4.07. The summed E-state index contributed by atoms with van der Waals surface area (Å²) in [6.07, 6.45) is 0. The number of rotatable bonds is 5. The van der Waals surface area contributed by atoms with E-state index in [-0.39, 0.29) is 16.5 Å². The molecule has 1 heterocycles. The zero-order valence-electron chi connectivity index (χ0n) is 14.6. The molecule has 1 aromatic heterocycles. The number of ether oxygens (including phenoxy) is 1. The van der Waals surface area contributed by atoms with Gasteiger partial charge >= 0.3 is 0 Å². The molecule has 0 spiro atoms. The summed E-state index contributed by atoms with van der Waals surface area (Å²) >= 11 is 0. The third-order valence-corrected chi connectivity index (χ3v) is 5.58. The maximum atomic E-state index is 13.1. The van der Waals surface area contributed by atoms with Crippen LogP contribution in [0.2, 0.25) is 0 Å². The SMILES string of the molecule is CN(C)S(=O)(=O)c1cccc(-c2cccc(Oc3ccc(F)c(O)c3)n2)c1. The van der Waals surface area contributed by atoms with E-state index in [0.29, 0.717) is 11.3 Å². The van der Waals surface area contributed by atoms with E-state index >= 15 is 0 Å². The van der Waals surface area contributed by atoms with E-state index in [1.807, 2.05) is 0 Å². The lowest BCUT2D eigenvalue weighted by Gasteiger charge is -2.12. The van der Waals surface area contributed by atoms with Crippen LogP contribution in [0.25, 0.3) is 11.3 Å². The Bertz CT molecular complexity index is 1080. The summed E-state index contributed by atoms with van der Waals surface area (Å²) < 4.78 is 44.4. The Morgan fingerprint density at radius 2 is 1.78 bits per heavy atom. The van der Waals surface area contributed by atoms with Crippen LogP contribution in [0, 0.1) is 5.82 Å². The fraction of sp³-hybridized carbons (Fsp3) is 0.105. The number of hydrogen-bond donors (Lipinski definition) is 1. The lowest BCUT2D eigenvalue weighted by Crippen LogP contribution is -2.22. The molecule has 0 bridgehead atoms. The highest BCUT2D eigenvalue weighted by molar-refractivity contribution is 7.89. The van der Waals surface area contributed by atoms with Gasteiger partial charge in [-0.1, -0.05) is 18.2 Å². The molecule has 0 amide bonds. The summed E-state index contributed by atoms with van der Waals surface area (Å²) in [7, 11) is -0.634. The lowest BCUT2D eigenvalue weighted by molar-refractivity contribution is 0.418. The Morgan fingerprint density at radius 1 is 1.04 bits per heavy atom. The van der Waals surface area contributed by atoms with Crippen LogP contribution in [0.5, 0.6) is 17.4 Å². The number of sulfonamides is 1. The molecular weight excluding hydrogens is 371 g/mol. The van der Waals surface area contributed by atoms with E-state index in [4.69, 9.17) is 4.74 Å². The zero-order chi connectivity index (χ0) is 19.6. The second-order valence-corrected chi connectivity index (χ2v) is 8.04. The van der Waals surface area contributed by atoms with Crippen molar-refractivity contribution in [3.63, 3.8) is 0 Å². The molecular formula is C19H17FN2O4S. The largest absolute Gasteiger partial charge is 0.505 e. The zero-order valence-corrected chi connectivity index (χ0v) is 15.4. The van der Waals surface area contributed by atoms with Crippen molar-refractivity contribution in [3.8, 4) is 28.6 Å². The first-order valence-corrected chi connectivity index (χ1v) is 9.38. The van der Waals surface area contributed by atoms with Crippen LogP contribution < -0.4 is 4.74 Å². The van der Waals surface area contributed by atoms with Crippen molar-refractivity contribution in [3.05, 3.63) is 66.5 Å². The fourth-order valence-corrected chi connectivity index (χ4v) is 3.28. The van der Waals surface area contributed by atoms with Crippen LogP contribution >= 0.6 is 0 Å². The summed E-state index contributed by atoms with van der Waals surface area (Å²) in [5, 5.41) is 9.43. The van der Waals surface area contributed by atoms with E-state index in [9.17, 15) is 17.9 Å². The quantitative estimate of drug-likeness (QED) is 0.722.